The highest BCUT2D eigenvalue weighted by atomic mass is 16.4. The molecule has 21 heavy (non-hydrogen) atoms. The zero-order valence-corrected chi connectivity index (χ0v) is 12.2. The second-order valence-electron chi connectivity index (χ2n) is 5.48. The summed E-state index contributed by atoms with van der Waals surface area (Å²) in [6.07, 6.45) is 0.148. The Bertz CT molecular complexity index is 535. The lowest BCUT2D eigenvalue weighted by Crippen LogP contribution is -2.35. The monoisotopic (exact) mass is 289 g/mol. The maximum absolute atomic E-state index is 12.3. The number of hydrogen-bond donors (Lipinski definition) is 1. The fourth-order valence-electron chi connectivity index (χ4n) is 2.66. The van der Waals surface area contributed by atoms with Gasteiger partial charge in [-0.15, -0.1) is 0 Å². The number of carboxylic acid groups (broad SMARTS) is 1. The molecule has 5 heteroatoms. The Morgan fingerprint density at radius 1 is 1.14 bits per heavy atom. The van der Waals surface area contributed by atoms with Gasteiger partial charge in [-0.05, 0) is 12.0 Å². The molecule has 1 aromatic rings. The maximum Gasteiger partial charge on any atom is 0.303 e. The van der Waals surface area contributed by atoms with Gasteiger partial charge in [0.2, 0.25) is 11.8 Å². The van der Waals surface area contributed by atoms with E-state index in [0.29, 0.717) is 0 Å². The zero-order valence-electron chi connectivity index (χ0n) is 12.2. The molecule has 1 aliphatic heterocycles. The minimum atomic E-state index is -0.934. The molecule has 0 aliphatic carbocycles. The van der Waals surface area contributed by atoms with Crippen molar-refractivity contribution in [2.24, 2.45) is 11.8 Å². The number of aliphatic carboxylic acids is 1. The van der Waals surface area contributed by atoms with Crippen LogP contribution in [-0.4, -0.2) is 27.8 Å². The third-order valence-corrected chi connectivity index (χ3v) is 4.13. The Morgan fingerprint density at radius 2 is 1.67 bits per heavy atom. The topological polar surface area (TPSA) is 74.7 Å². The van der Waals surface area contributed by atoms with Crippen LogP contribution in [0.15, 0.2) is 30.3 Å². The van der Waals surface area contributed by atoms with Crippen molar-refractivity contribution >= 4 is 17.8 Å². The van der Waals surface area contributed by atoms with Gasteiger partial charge in [-0.3, -0.25) is 19.3 Å². The Balaban J connectivity index is 2.33. The summed E-state index contributed by atoms with van der Waals surface area (Å²) < 4.78 is 0. The molecule has 0 spiro atoms. The van der Waals surface area contributed by atoms with E-state index in [2.05, 4.69) is 0 Å². The second-order valence-corrected chi connectivity index (χ2v) is 5.48. The molecule has 0 bridgehead atoms. The van der Waals surface area contributed by atoms with Crippen LogP contribution in [0.5, 0.6) is 0 Å². The normalized spacial score (nSPS) is 23.4. The molecule has 0 radical (unpaired) electrons. The number of likely N-dealkylation sites (tertiary alicyclic amines) is 1. The minimum absolute atomic E-state index is 0.0839. The number of carboxylic acids is 1. The fourth-order valence-corrected chi connectivity index (χ4v) is 2.66. The minimum Gasteiger partial charge on any atom is -0.481 e. The van der Waals surface area contributed by atoms with Gasteiger partial charge >= 0.3 is 5.97 Å². The zero-order chi connectivity index (χ0) is 15.6. The first-order chi connectivity index (χ1) is 9.93. The van der Waals surface area contributed by atoms with Crippen molar-refractivity contribution in [3.8, 4) is 0 Å². The van der Waals surface area contributed by atoms with Crippen LogP contribution >= 0.6 is 0 Å². The van der Waals surface area contributed by atoms with Crippen LogP contribution in [0.3, 0.4) is 0 Å². The predicted octanol–water partition coefficient (Wildman–Crippen LogP) is 2.23. The van der Waals surface area contributed by atoms with Gasteiger partial charge in [0.15, 0.2) is 0 Å². The van der Waals surface area contributed by atoms with Crippen molar-refractivity contribution in [2.45, 2.75) is 32.7 Å². The van der Waals surface area contributed by atoms with Crippen molar-refractivity contribution in [3.05, 3.63) is 35.9 Å². The summed E-state index contributed by atoms with van der Waals surface area (Å²) in [5.74, 6) is -2.07. The predicted molar refractivity (Wildman–Crippen MR) is 76.2 cm³/mol. The van der Waals surface area contributed by atoms with Gasteiger partial charge in [-0.2, -0.15) is 0 Å². The quantitative estimate of drug-likeness (QED) is 0.843. The van der Waals surface area contributed by atoms with Gasteiger partial charge < -0.3 is 5.11 Å². The number of hydrogen-bond acceptors (Lipinski definition) is 3. The van der Waals surface area contributed by atoms with Crippen molar-refractivity contribution in [2.75, 3.05) is 0 Å². The van der Waals surface area contributed by atoms with Crippen molar-refractivity contribution in [1.82, 2.24) is 4.90 Å². The Hall–Kier alpha value is -2.17. The Morgan fingerprint density at radius 3 is 2.14 bits per heavy atom. The third kappa shape index (κ3) is 2.96. The molecule has 0 aromatic heterocycles. The average molecular weight is 289 g/mol. The molecule has 2 rings (SSSR count). The van der Waals surface area contributed by atoms with Crippen LogP contribution < -0.4 is 0 Å². The van der Waals surface area contributed by atoms with Crippen LogP contribution in [0.2, 0.25) is 0 Å². The molecule has 1 aromatic carbocycles. The number of carbonyl (C=O) groups excluding carboxylic acids is 2. The van der Waals surface area contributed by atoms with Crippen LogP contribution in [0.4, 0.5) is 0 Å². The average Bonchev–Trinajstić information content (AvgIpc) is 2.66. The van der Waals surface area contributed by atoms with E-state index in [1.807, 2.05) is 30.3 Å². The smallest absolute Gasteiger partial charge is 0.303 e. The molecular weight excluding hydrogens is 270 g/mol. The van der Waals surface area contributed by atoms with Gasteiger partial charge in [0.1, 0.15) is 0 Å². The number of rotatable bonds is 5. The molecule has 0 saturated carbocycles. The summed E-state index contributed by atoms with van der Waals surface area (Å²) in [6.45, 7) is 3.48. The van der Waals surface area contributed by atoms with E-state index in [4.69, 9.17) is 5.11 Å². The summed E-state index contributed by atoms with van der Waals surface area (Å²) in [5.41, 5.74) is 0.793. The number of imide groups is 1. The highest BCUT2D eigenvalue weighted by molar-refractivity contribution is 6.05. The number of benzene rings is 1. The van der Waals surface area contributed by atoms with Crippen LogP contribution in [0.1, 0.15) is 38.3 Å². The van der Waals surface area contributed by atoms with Crippen LogP contribution in [0.25, 0.3) is 0 Å². The standard InChI is InChI=1S/C16H19NO4/c1-10-11(2)16(21)17(15(10)20)13(8-9-14(18)19)12-6-4-3-5-7-12/h3-7,10-11,13H,8-9H2,1-2H3,(H,18,19). The van der Waals surface area contributed by atoms with Gasteiger partial charge in [0.25, 0.3) is 0 Å². The largest absolute Gasteiger partial charge is 0.481 e. The summed E-state index contributed by atoms with van der Waals surface area (Å²) in [7, 11) is 0. The molecule has 1 aliphatic rings. The number of carbonyl (C=O) groups is 3. The summed E-state index contributed by atoms with van der Waals surface area (Å²) in [4.78, 5) is 36.8. The van der Waals surface area contributed by atoms with Crippen LogP contribution in [0, 0.1) is 11.8 Å². The second kappa shape index (κ2) is 6.08. The number of nitrogens with zero attached hydrogens (tertiary/aromatic N) is 1. The highest BCUT2D eigenvalue weighted by Gasteiger charge is 2.45. The molecule has 5 nitrogen and oxygen atoms in total. The van der Waals surface area contributed by atoms with Crippen molar-refractivity contribution in [3.63, 3.8) is 0 Å². The fraction of sp³-hybridized carbons (Fsp3) is 0.438. The van der Waals surface area contributed by atoms with Gasteiger partial charge in [0.05, 0.1) is 6.04 Å². The molecule has 2 amide bonds. The lowest BCUT2D eigenvalue weighted by atomic mass is 10.00. The SMILES string of the molecule is CC1C(=O)N(C(CCC(=O)O)c2ccccc2)C(=O)C1C. The lowest BCUT2D eigenvalue weighted by Gasteiger charge is -2.26. The van der Waals surface area contributed by atoms with Gasteiger partial charge in [0, 0.05) is 18.3 Å². The molecule has 3 atom stereocenters. The first-order valence-corrected chi connectivity index (χ1v) is 7.07. The molecular formula is C16H19NO4. The van der Waals surface area contributed by atoms with E-state index >= 15 is 0 Å². The van der Waals surface area contributed by atoms with E-state index in [1.165, 1.54) is 4.90 Å². The Kier molecular flexibility index (Phi) is 4.40. The van der Waals surface area contributed by atoms with E-state index in [-0.39, 0.29) is 36.5 Å². The molecule has 1 N–H and O–H groups in total. The van der Waals surface area contributed by atoms with E-state index < -0.39 is 12.0 Å². The summed E-state index contributed by atoms with van der Waals surface area (Å²) in [5, 5.41) is 8.90. The van der Waals surface area contributed by atoms with E-state index in [1.54, 1.807) is 13.8 Å². The van der Waals surface area contributed by atoms with Gasteiger partial charge in [-0.25, -0.2) is 0 Å². The lowest BCUT2D eigenvalue weighted by molar-refractivity contribution is -0.145. The summed E-state index contributed by atoms with van der Waals surface area (Å²) in [6, 6.07) is 8.62. The molecule has 3 unspecified atom stereocenters. The first kappa shape index (κ1) is 15.2. The van der Waals surface area contributed by atoms with Crippen molar-refractivity contribution < 1.29 is 19.5 Å². The van der Waals surface area contributed by atoms with E-state index in [0.717, 1.165) is 5.56 Å². The molecule has 1 fully saturated rings. The van der Waals surface area contributed by atoms with Crippen molar-refractivity contribution in [1.29, 1.82) is 0 Å². The highest BCUT2D eigenvalue weighted by Crippen LogP contribution is 2.35. The first-order valence-electron chi connectivity index (χ1n) is 7.07. The number of amides is 2. The summed E-state index contributed by atoms with van der Waals surface area (Å²) >= 11 is 0. The van der Waals surface area contributed by atoms with E-state index in [9.17, 15) is 14.4 Å². The molecule has 1 saturated heterocycles. The van der Waals surface area contributed by atoms with Crippen LogP contribution in [-0.2, 0) is 14.4 Å². The van der Waals surface area contributed by atoms with Gasteiger partial charge in [-0.1, -0.05) is 44.2 Å². The maximum atomic E-state index is 12.3. The Labute approximate surface area is 123 Å². The molecule has 1 heterocycles. The third-order valence-electron chi connectivity index (χ3n) is 4.13. The molecule has 112 valence electrons.